The zero-order chi connectivity index (χ0) is 24.9. The van der Waals surface area contributed by atoms with Crippen LogP contribution in [0.1, 0.15) is 31.2 Å². The second-order valence-electron chi connectivity index (χ2n) is 9.20. The summed E-state index contributed by atoms with van der Waals surface area (Å²) in [6, 6.07) is 16.8. The molecule has 8 nitrogen and oxygen atoms in total. The molecule has 2 heterocycles. The summed E-state index contributed by atoms with van der Waals surface area (Å²) in [6.45, 7) is 2.75. The summed E-state index contributed by atoms with van der Waals surface area (Å²) in [4.78, 5) is 30.1. The van der Waals surface area contributed by atoms with Crippen molar-refractivity contribution in [2.24, 2.45) is 0 Å². The van der Waals surface area contributed by atoms with Crippen LogP contribution in [0.3, 0.4) is 0 Å². The minimum Gasteiger partial charge on any atom is -0.483 e. The van der Waals surface area contributed by atoms with Gasteiger partial charge in [-0.3, -0.25) is 4.79 Å². The fourth-order valence-corrected chi connectivity index (χ4v) is 4.95. The first-order valence-corrected chi connectivity index (χ1v) is 12.8. The van der Waals surface area contributed by atoms with E-state index in [1.165, 1.54) is 4.68 Å². The number of hydrogen-bond acceptors (Lipinski definition) is 5. The van der Waals surface area contributed by atoms with Gasteiger partial charge in [0.1, 0.15) is 5.69 Å². The number of urea groups is 1. The van der Waals surface area contributed by atoms with Crippen molar-refractivity contribution < 1.29 is 9.53 Å². The zero-order valence-corrected chi connectivity index (χ0v) is 20.9. The van der Waals surface area contributed by atoms with Crippen LogP contribution in [0.15, 0.2) is 65.6 Å². The number of ether oxygens (including phenoxy) is 1. The SMILES string of the molecule is O=C(NCc1ccccc1)N1CCN(c2cnn(-c3cccc(Cl)c3)c(=O)c2OC2CCCC2)CC1. The molecular formula is C27H30ClN5O3. The smallest absolute Gasteiger partial charge is 0.317 e. The summed E-state index contributed by atoms with van der Waals surface area (Å²) in [5.41, 5.74) is 2.03. The molecule has 0 radical (unpaired) electrons. The van der Waals surface area contributed by atoms with Crippen LogP contribution in [0.4, 0.5) is 10.5 Å². The molecule has 2 amide bonds. The maximum Gasteiger partial charge on any atom is 0.317 e. The average molecular weight is 508 g/mol. The molecule has 1 N–H and O–H groups in total. The number of hydrogen-bond donors (Lipinski definition) is 1. The van der Waals surface area contributed by atoms with Crippen molar-refractivity contribution in [2.45, 2.75) is 38.3 Å². The number of amides is 2. The largest absolute Gasteiger partial charge is 0.483 e. The van der Waals surface area contributed by atoms with Crippen LogP contribution in [0.2, 0.25) is 5.02 Å². The van der Waals surface area contributed by atoms with Gasteiger partial charge in [0.25, 0.3) is 0 Å². The van der Waals surface area contributed by atoms with Gasteiger partial charge in [-0.1, -0.05) is 48.0 Å². The number of aromatic nitrogens is 2. The molecule has 0 unspecified atom stereocenters. The minimum absolute atomic E-state index is 0.0247. The van der Waals surface area contributed by atoms with Crippen LogP contribution >= 0.6 is 11.6 Å². The Kier molecular flexibility index (Phi) is 7.41. The highest BCUT2D eigenvalue weighted by Crippen LogP contribution is 2.30. The number of anilines is 1. The molecule has 2 fully saturated rings. The van der Waals surface area contributed by atoms with E-state index in [-0.39, 0.29) is 17.7 Å². The number of nitrogens with one attached hydrogen (secondary N) is 1. The van der Waals surface area contributed by atoms with E-state index in [1.807, 2.05) is 30.3 Å². The van der Waals surface area contributed by atoms with E-state index in [0.717, 1.165) is 31.2 Å². The zero-order valence-electron chi connectivity index (χ0n) is 20.1. The molecule has 188 valence electrons. The molecule has 1 aromatic heterocycles. The molecular weight excluding hydrogens is 478 g/mol. The Hall–Kier alpha value is -3.52. The molecule has 1 aliphatic heterocycles. The number of rotatable bonds is 6. The topological polar surface area (TPSA) is 79.7 Å². The number of benzene rings is 2. The molecule has 0 spiro atoms. The normalized spacial score (nSPS) is 16.2. The van der Waals surface area contributed by atoms with Crippen LogP contribution < -0.4 is 20.5 Å². The molecule has 1 aliphatic carbocycles. The molecule has 2 aliphatic rings. The molecule has 9 heteroatoms. The van der Waals surface area contributed by atoms with Gasteiger partial charge < -0.3 is 19.9 Å². The molecule has 3 aromatic rings. The first-order chi connectivity index (χ1) is 17.6. The van der Waals surface area contributed by atoms with Gasteiger partial charge in [0.15, 0.2) is 0 Å². The Morgan fingerprint density at radius 1 is 1.03 bits per heavy atom. The van der Waals surface area contributed by atoms with Gasteiger partial charge in [-0.25, -0.2) is 4.79 Å². The van der Waals surface area contributed by atoms with E-state index >= 15 is 0 Å². The van der Waals surface area contributed by atoms with Crippen molar-refractivity contribution in [3.8, 4) is 11.4 Å². The Morgan fingerprint density at radius 3 is 2.50 bits per heavy atom. The first-order valence-electron chi connectivity index (χ1n) is 12.4. The summed E-state index contributed by atoms with van der Waals surface area (Å²) in [5, 5.41) is 7.97. The third kappa shape index (κ3) is 5.49. The highest BCUT2D eigenvalue weighted by Gasteiger charge is 2.27. The lowest BCUT2D eigenvalue weighted by atomic mass is 10.2. The fourth-order valence-electron chi connectivity index (χ4n) is 4.77. The van der Waals surface area contributed by atoms with Crippen molar-refractivity contribution in [1.82, 2.24) is 20.0 Å². The highest BCUT2D eigenvalue weighted by molar-refractivity contribution is 6.30. The van der Waals surface area contributed by atoms with Gasteiger partial charge in [-0.2, -0.15) is 9.78 Å². The van der Waals surface area contributed by atoms with Gasteiger partial charge in [0.2, 0.25) is 5.75 Å². The van der Waals surface area contributed by atoms with E-state index in [4.69, 9.17) is 16.3 Å². The van der Waals surface area contributed by atoms with E-state index in [9.17, 15) is 9.59 Å². The van der Waals surface area contributed by atoms with Gasteiger partial charge >= 0.3 is 11.6 Å². The second kappa shape index (κ2) is 11.0. The van der Waals surface area contributed by atoms with E-state index in [1.54, 1.807) is 35.4 Å². The Bertz CT molecular complexity index is 1250. The van der Waals surface area contributed by atoms with Crippen LogP contribution in [-0.4, -0.2) is 53.0 Å². The minimum atomic E-state index is -0.301. The fraction of sp³-hybridized carbons (Fsp3) is 0.370. The quantitative estimate of drug-likeness (QED) is 0.540. The van der Waals surface area contributed by atoms with Gasteiger partial charge in [-0.05, 0) is 49.4 Å². The predicted octanol–water partition coefficient (Wildman–Crippen LogP) is 4.24. The lowest BCUT2D eigenvalue weighted by Gasteiger charge is -2.36. The van der Waals surface area contributed by atoms with E-state index in [0.29, 0.717) is 54.9 Å². The van der Waals surface area contributed by atoms with Crippen LogP contribution in [-0.2, 0) is 6.54 Å². The summed E-state index contributed by atoms with van der Waals surface area (Å²) >= 11 is 6.15. The molecule has 0 atom stereocenters. The van der Waals surface area contributed by atoms with Gasteiger partial charge in [0.05, 0.1) is 18.0 Å². The lowest BCUT2D eigenvalue weighted by molar-refractivity contribution is 0.192. The predicted molar refractivity (Wildman–Crippen MR) is 140 cm³/mol. The molecule has 36 heavy (non-hydrogen) atoms. The number of piperazine rings is 1. The van der Waals surface area contributed by atoms with Crippen molar-refractivity contribution in [2.75, 3.05) is 31.1 Å². The maximum atomic E-state index is 13.6. The Labute approximate surface area is 215 Å². The molecule has 5 rings (SSSR count). The van der Waals surface area contributed by atoms with Crippen molar-refractivity contribution in [1.29, 1.82) is 0 Å². The van der Waals surface area contributed by atoms with Gasteiger partial charge in [0, 0.05) is 37.7 Å². The van der Waals surface area contributed by atoms with Crippen LogP contribution in [0, 0.1) is 0 Å². The monoisotopic (exact) mass is 507 g/mol. The van der Waals surface area contributed by atoms with Gasteiger partial charge in [-0.15, -0.1) is 0 Å². The maximum absolute atomic E-state index is 13.6. The van der Waals surface area contributed by atoms with Crippen molar-refractivity contribution >= 4 is 23.3 Å². The molecule has 1 saturated heterocycles. The number of carbonyl (C=O) groups is 1. The van der Waals surface area contributed by atoms with Crippen molar-refractivity contribution in [3.05, 3.63) is 81.7 Å². The highest BCUT2D eigenvalue weighted by atomic mass is 35.5. The summed E-state index contributed by atoms with van der Waals surface area (Å²) in [5.74, 6) is 0.318. The van der Waals surface area contributed by atoms with Crippen molar-refractivity contribution in [3.63, 3.8) is 0 Å². The third-order valence-electron chi connectivity index (χ3n) is 6.75. The Morgan fingerprint density at radius 2 is 1.78 bits per heavy atom. The first kappa shape index (κ1) is 24.2. The molecule has 0 bridgehead atoms. The second-order valence-corrected chi connectivity index (χ2v) is 9.63. The molecule has 2 aromatic carbocycles. The van der Waals surface area contributed by atoms with Crippen LogP contribution in [0.25, 0.3) is 5.69 Å². The molecule has 1 saturated carbocycles. The average Bonchev–Trinajstić information content (AvgIpc) is 3.42. The third-order valence-corrected chi connectivity index (χ3v) is 6.98. The summed E-state index contributed by atoms with van der Waals surface area (Å²) < 4.78 is 7.64. The lowest BCUT2D eigenvalue weighted by Crippen LogP contribution is -2.52. The van der Waals surface area contributed by atoms with E-state index < -0.39 is 0 Å². The van der Waals surface area contributed by atoms with E-state index in [2.05, 4.69) is 15.3 Å². The number of carbonyl (C=O) groups excluding carboxylic acids is 1. The number of halogens is 1. The summed E-state index contributed by atoms with van der Waals surface area (Å²) in [7, 11) is 0. The van der Waals surface area contributed by atoms with Crippen LogP contribution in [0.5, 0.6) is 5.75 Å². The summed E-state index contributed by atoms with van der Waals surface area (Å²) in [6.07, 6.45) is 5.80. The number of nitrogens with zero attached hydrogens (tertiary/aromatic N) is 4. The Balaban J connectivity index is 1.32. The standard InChI is InChI=1S/C27H30ClN5O3/c28-21-9-6-10-22(17-21)33-26(34)25(36-23-11-4-5-12-23)24(19-30-33)31-13-15-32(16-14-31)27(35)29-18-20-7-2-1-3-8-20/h1-3,6-10,17,19,23H,4-5,11-16,18H2,(H,29,35).